The summed E-state index contributed by atoms with van der Waals surface area (Å²) >= 11 is 0. The Kier molecular flexibility index (Phi) is 2.87. The average Bonchev–Trinajstić information content (AvgIpc) is 3.24. The van der Waals surface area contributed by atoms with Gasteiger partial charge < -0.3 is 10.1 Å². The fraction of sp³-hybridized carbons (Fsp3) is 0. The molecule has 120 valence electrons. The Morgan fingerprint density at radius 2 is 1.68 bits per heavy atom. The van der Waals surface area contributed by atoms with Crippen molar-refractivity contribution in [3.05, 3.63) is 66.7 Å². The summed E-state index contributed by atoms with van der Waals surface area (Å²) in [6.07, 6.45) is 0. The lowest BCUT2D eigenvalue weighted by atomic mass is 10.0. The molecule has 3 aromatic carbocycles. The maximum atomic E-state index is 9.73. The summed E-state index contributed by atoms with van der Waals surface area (Å²) in [5.74, 6) is 0.989. The number of rotatable bonds is 2. The summed E-state index contributed by atoms with van der Waals surface area (Å²) in [4.78, 5) is 7.97. The van der Waals surface area contributed by atoms with Crippen LogP contribution in [0.25, 0.3) is 44.6 Å². The van der Waals surface area contributed by atoms with Crippen molar-refractivity contribution in [2.45, 2.75) is 0 Å². The fourth-order valence-electron chi connectivity index (χ4n) is 3.12. The first kappa shape index (κ1) is 13.8. The summed E-state index contributed by atoms with van der Waals surface area (Å²) < 4.78 is 0. The summed E-state index contributed by atoms with van der Waals surface area (Å²) in [5, 5.41) is 18.2. The molecule has 5 nitrogen and oxygen atoms in total. The average molecular weight is 326 g/mol. The molecule has 0 unspecified atom stereocenters. The van der Waals surface area contributed by atoms with Gasteiger partial charge in [0.25, 0.3) is 0 Å². The van der Waals surface area contributed by atoms with Crippen LogP contribution in [-0.4, -0.2) is 25.3 Å². The molecule has 0 amide bonds. The molecule has 0 aliphatic rings. The van der Waals surface area contributed by atoms with Gasteiger partial charge in [-0.05, 0) is 47.5 Å². The Hall–Kier alpha value is -3.60. The Labute approximate surface area is 143 Å². The Bertz CT molecular complexity index is 1190. The first-order chi connectivity index (χ1) is 12.3. The van der Waals surface area contributed by atoms with Crippen LogP contribution in [-0.2, 0) is 0 Å². The molecule has 2 aromatic heterocycles. The van der Waals surface area contributed by atoms with Gasteiger partial charge in [-0.15, -0.1) is 0 Å². The quantitative estimate of drug-likeness (QED) is 0.447. The smallest absolute Gasteiger partial charge is 0.159 e. The lowest BCUT2D eigenvalue weighted by Gasteiger charge is -2.03. The third kappa shape index (κ3) is 2.25. The molecule has 2 heterocycles. The van der Waals surface area contributed by atoms with Crippen molar-refractivity contribution in [2.75, 3.05) is 0 Å². The van der Waals surface area contributed by atoms with E-state index in [-0.39, 0.29) is 5.75 Å². The van der Waals surface area contributed by atoms with Gasteiger partial charge in [0.15, 0.2) is 5.82 Å². The Balaban J connectivity index is 1.70. The van der Waals surface area contributed by atoms with Crippen molar-refractivity contribution in [1.82, 2.24) is 20.2 Å². The van der Waals surface area contributed by atoms with Gasteiger partial charge in [0.2, 0.25) is 0 Å². The molecule has 5 rings (SSSR count). The lowest BCUT2D eigenvalue weighted by molar-refractivity contribution is 0.475. The highest BCUT2D eigenvalue weighted by Gasteiger charge is 2.13. The van der Waals surface area contributed by atoms with Gasteiger partial charge in [0, 0.05) is 5.39 Å². The van der Waals surface area contributed by atoms with Crippen molar-refractivity contribution >= 4 is 21.9 Å². The van der Waals surface area contributed by atoms with Crippen molar-refractivity contribution in [3.63, 3.8) is 0 Å². The van der Waals surface area contributed by atoms with E-state index < -0.39 is 0 Å². The third-order valence-electron chi connectivity index (χ3n) is 4.36. The SMILES string of the molecule is Oc1cccc(-c2ccc3[nH]nc(-c4nc5ccccc5[nH]4)c3c2)c1. The van der Waals surface area contributed by atoms with E-state index in [0.717, 1.165) is 44.6 Å². The van der Waals surface area contributed by atoms with Crippen LogP contribution in [0.1, 0.15) is 0 Å². The maximum absolute atomic E-state index is 9.73. The molecule has 0 fully saturated rings. The zero-order valence-electron chi connectivity index (χ0n) is 13.2. The molecular weight excluding hydrogens is 312 g/mol. The van der Waals surface area contributed by atoms with E-state index in [9.17, 15) is 5.11 Å². The molecule has 0 aliphatic heterocycles. The second kappa shape index (κ2) is 5.21. The second-order valence-corrected chi connectivity index (χ2v) is 5.99. The van der Waals surface area contributed by atoms with Gasteiger partial charge in [-0.1, -0.05) is 30.3 Å². The van der Waals surface area contributed by atoms with Crippen molar-refractivity contribution < 1.29 is 5.11 Å². The number of aromatic hydroxyl groups is 1. The van der Waals surface area contributed by atoms with Crippen LogP contribution < -0.4 is 0 Å². The minimum atomic E-state index is 0.252. The molecule has 0 radical (unpaired) electrons. The first-order valence-electron chi connectivity index (χ1n) is 8.00. The van der Waals surface area contributed by atoms with Gasteiger partial charge in [0.1, 0.15) is 11.4 Å². The van der Waals surface area contributed by atoms with Gasteiger partial charge in [-0.2, -0.15) is 5.10 Å². The Morgan fingerprint density at radius 3 is 2.56 bits per heavy atom. The van der Waals surface area contributed by atoms with Crippen LogP contribution in [0, 0.1) is 0 Å². The van der Waals surface area contributed by atoms with Crippen LogP contribution in [0.4, 0.5) is 0 Å². The highest BCUT2D eigenvalue weighted by molar-refractivity contribution is 5.95. The van der Waals surface area contributed by atoms with E-state index in [4.69, 9.17) is 0 Å². The third-order valence-corrected chi connectivity index (χ3v) is 4.36. The number of aromatic amines is 2. The largest absolute Gasteiger partial charge is 0.508 e. The van der Waals surface area contributed by atoms with E-state index in [1.165, 1.54) is 0 Å². The van der Waals surface area contributed by atoms with Crippen molar-refractivity contribution in [1.29, 1.82) is 0 Å². The summed E-state index contributed by atoms with van der Waals surface area (Å²) in [5.41, 5.74) is 5.60. The minimum absolute atomic E-state index is 0.252. The predicted octanol–water partition coefficient (Wildman–Crippen LogP) is 4.48. The standard InChI is InChI=1S/C20H14N4O/c25-14-5-3-4-12(10-14)13-8-9-16-15(11-13)19(24-23-16)20-21-17-6-1-2-7-18(17)22-20/h1-11,25H,(H,21,22)(H,23,24). The van der Waals surface area contributed by atoms with E-state index in [2.05, 4.69) is 26.2 Å². The second-order valence-electron chi connectivity index (χ2n) is 5.99. The first-order valence-corrected chi connectivity index (χ1v) is 8.00. The van der Waals surface area contributed by atoms with E-state index >= 15 is 0 Å². The molecule has 0 aliphatic carbocycles. The zero-order valence-corrected chi connectivity index (χ0v) is 13.2. The molecule has 3 N–H and O–H groups in total. The number of nitrogens with one attached hydrogen (secondary N) is 2. The summed E-state index contributed by atoms with van der Waals surface area (Å²) in [6.45, 7) is 0. The molecule has 0 saturated heterocycles. The number of hydrogen-bond donors (Lipinski definition) is 3. The van der Waals surface area contributed by atoms with Crippen molar-refractivity contribution in [3.8, 4) is 28.4 Å². The van der Waals surface area contributed by atoms with Gasteiger partial charge >= 0.3 is 0 Å². The zero-order chi connectivity index (χ0) is 16.8. The molecule has 5 aromatic rings. The number of aromatic nitrogens is 4. The van der Waals surface area contributed by atoms with Crippen LogP contribution in [0.15, 0.2) is 66.7 Å². The number of para-hydroxylation sites is 2. The van der Waals surface area contributed by atoms with Crippen LogP contribution in [0.3, 0.4) is 0 Å². The number of fused-ring (bicyclic) bond motifs is 2. The van der Waals surface area contributed by atoms with Gasteiger partial charge in [-0.25, -0.2) is 4.98 Å². The monoisotopic (exact) mass is 326 g/mol. The molecule has 5 heteroatoms. The van der Waals surface area contributed by atoms with E-state index in [1.807, 2.05) is 48.5 Å². The number of hydrogen-bond acceptors (Lipinski definition) is 3. The molecule has 25 heavy (non-hydrogen) atoms. The maximum Gasteiger partial charge on any atom is 0.159 e. The lowest BCUT2D eigenvalue weighted by Crippen LogP contribution is -1.82. The fourth-order valence-corrected chi connectivity index (χ4v) is 3.12. The molecule has 0 bridgehead atoms. The van der Waals surface area contributed by atoms with Crippen LogP contribution >= 0.6 is 0 Å². The topological polar surface area (TPSA) is 77.6 Å². The molecular formula is C20H14N4O. The molecule has 0 saturated carbocycles. The van der Waals surface area contributed by atoms with Crippen molar-refractivity contribution in [2.24, 2.45) is 0 Å². The van der Waals surface area contributed by atoms with Crippen LogP contribution in [0.5, 0.6) is 5.75 Å². The van der Waals surface area contributed by atoms with E-state index in [0.29, 0.717) is 0 Å². The number of phenols is 1. The van der Waals surface area contributed by atoms with Crippen LogP contribution in [0.2, 0.25) is 0 Å². The molecule has 0 spiro atoms. The highest BCUT2D eigenvalue weighted by atomic mass is 16.3. The number of nitrogens with zero attached hydrogens (tertiary/aromatic N) is 2. The highest BCUT2D eigenvalue weighted by Crippen LogP contribution is 2.31. The van der Waals surface area contributed by atoms with E-state index in [1.54, 1.807) is 12.1 Å². The van der Waals surface area contributed by atoms with Gasteiger partial charge in [-0.3, -0.25) is 5.10 Å². The summed E-state index contributed by atoms with van der Waals surface area (Å²) in [6, 6.07) is 21.2. The van der Waals surface area contributed by atoms with Gasteiger partial charge in [0.05, 0.1) is 16.6 Å². The number of imidazole rings is 1. The molecule has 0 atom stereocenters. The summed E-state index contributed by atoms with van der Waals surface area (Å²) in [7, 11) is 0. The minimum Gasteiger partial charge on any atom is -0.508 e. The number of H-pyrrole nitrogens is 2. The normalized spacial score (nSPS) is 11.4. The number of benzene rings is 3. The number of phenolic OH excluding ortho intramolecular Hbond substituents is 1. The predicted molar refractivity (Wildman–Crippen MR) is 98.3 cm³/mol. The Morgan fingerprint density at radius 1 is 0.800 bits per heavy atom.